The van der Waals surface area contributed by atoms with Gasteiger partial charge in [0.05, 0.1) is 71.7 Å². The summed E-state index contributed by atoms with van der Waals surface area (Å²) >= 11 is 2.37. The zero-order valence-electron chi connectivity index (χ0n) is 62.1. The van der Waals surface area contributed by atoms with E-state index in [9.17, 15) is 54.3 Å². The minimum absolute atomic E-state index is 0. The first kappa shape index (κ1) is 87.9. The predicted octanol–water partition coefficient (Wildman–Crippen LogP) is 5.60. The summed E-state index contributed by atoms with van der Waals surface area (Å²) in [5.41, 5.74) is 32.9. The summed E-state index contributed by atoms with van der Waals surface area (Å²) in [6.45, 7) is 3.45. The number of rotatable bonds is 28. The van der Waals surface area contributed by atoms with E-state index < -0.39 is 74.1 Å². The minimum Gasteiger partial charge on any atom is -0.400 e. The van der Waals surface area contributed by atoms with Crippen LogP contribution in [0, 0.1) is 11.1 Å². The first-order valence-electron chi connectivity index (χ1n) is 36.9. The Labute approximate surface area is 669 Å². The molecule has 3 saturated heterocycles. The number of carbonyl (C=O) groups is 6. The molecule has 6 aliphatic rings. The number of nitrogen functional groups attached to an aromatic ring is 3. The Kier molecular flexibility index (Phi) is 32.3. The Morgan fingerprint density at radius 1 is 0.421 bits per heavy atom. The summed E-state index contributed by atoms with van der Waals surface area (Å²) in [4.78, 5) is 114. The number of hydrogen-bond acceptors (Lipinski definition) is 32. The lowest BCUT2D eigenvalue weighted by Crippen LogP contribution is -2.36. The third-order valence-corrected chi connectivity index (χ3v) is 20.5. The molecule has 6 amide bonds. The number of benzene rings is 3. The Morgan fingerprint density at radius 2 is 0.711 bits per heavy atom. The molecule has 38 nitrogen and oxygen atoms in total. The van der Waals surface area contributed by atoms with E-state index in [2.05, 4.69) is 67.4 Å². The average molecular weight is 1700 g/mol. The van der Waals surface area contributed by atoms with Gasteiger partial charge in [0.2, 0.25) is 0 Å². The van der Waals surface area contributed by atoms with Crippen molar-refractivity contribution in [3.63, 3.8) is 0 Å². The molecule has 3 unspecified atom stereocenters. The molecule has 15 rings (SSSR count). The number of aliphatic hydroxyl groups is 7. The number of anilines is 3. The number of imidazole rings is 3. The number of unbranched alkanes of at least 4 members (excludes halogenated alkanes) is 9. The van der Waals surface area contributed by atoms with Crippen LogP contribution >= 0.6 is 22.6 Å². The van der Waals surface area contributed by atoms with Crippen LogP contribution in [-0.4, -0.2) is 257 Å². The van der Waals surface area contributed by atoms with Crippen molar-refractivity contribution >= 4 is 109 Å². The maximum Gasteiger partial charge on any atom is 0.261 e. The fraction of sp³-hybridized carbons (Fsp3) is 0.480. The van der Waals surface area contributed by atoms with Gasteiger partial charge in [-0.2, -0.15) is 0 Å². The first-order chi connectivity index (χ1) is 54.9. The zero-order chi connectivity index (χ0) is 81.0. The number of imide groups is 3. The van der Waals surface area contributed by atoms with Crippen molar-refractivity contribution in [3.8, 4) is 0 Å². The van der Waals surface area contributed by atoms with E-state index in [1.807, 2.05) is 6.92 Å². The normalized spacial score (nSPS) is 22.5. The van der Waals surface area contributed by atoms with E-state index in [0.717, 1.165) is 58.5 Å². The molecule has 12 atom stereocenters. The van der Waals surface area contributed by atoms with Crippen LogP contribution in [0.3, 0.4) is 0 Å². The van der Waals surface area contributed by atoms with Crippen LogP contribution in [0.5, 0.6) is 0 Å². The number of nitrogens with two attached hydrogens (primary N) is 3. The number of nitrogens with one attached hydrogen (secondary N) is 2. The molecule has 12 heterocycles. The van der Waals surface area contributed by atoms with Crippen LogP contribution in [0.4, 0.5) is 17.5 Å². The summed E-state index contributed by atoms with van der Waals surface area (Å²) in [6.07, 6.45) is 9.98. The maximum atomic E-state index is 12.4. The van der Waals surface area contributed by atoms with E-state index in [0.29, 0.717) is 119 Å². The van der Waals surface area contributed by atoms with Crippen molar-refractivity contribution in [1.29, 1.82) is 11.1 Å². The zero-order valence-corrected chi connectivity index (χ0v) is 64.3. The largest absolute Gasteiger partial charge is 0.400 e. The van der Waals surface area contributed by atoms with Crippen LogP contribution in [0.15, 0.2) is 111 Å². The average Bonchev–Trinajstić information content (AvgIpc) is 1.63. The summed E-state index contributed by atoms with van der Waals surface area (Å²) in [6, 6.07) is 20.9. The van der Waals surface area contributed by atoms with Gasteiger partial charge in [0.1, 0.15) is 84.4 Å². The molecular formula is C75H99IN20O18. The highest BCUT2D eigenvalue weighted by atomic mass is 127. The fourth-order valence-corrected chi connectivity index (χ4v) is 14.5. The first-order valence-corrected chi connectivity index (χ1v) is 38.5. The van der Waals surface area contributed by atoms with Crippen molar-refractivity contribution in [2.45, 2.75) is 171 Å². The number of halogens is 1. The van der Waals surface area contributed by atoms with Gasteiger partial charge in [-0.15, -0.1) is 0 Å². The summed E-state index contributed by atoms with van der Waals surface area (Å²) < 4.78 is 35.2. The van der Waals surface area contributed by atoms with Gasteiger partial charge < -0.3 is 76.6 Å². The second-order valence-corrected chi connectivity index (χ2v) is 27.8. The molecule has 0 saturated carbocycles. The molecule has 6 aromatic heterocycles. The van der Waals surface area contributed by atoms with Gasteiger partial charge >= 0.3 is 0 Å². The van der Waals surface area contributed by atoms with Crippen LogP contribution in [0.25, 0.3) is 33.5 Å². The second-order valence-electron chi connectivity index (χ2n) is 26.7. The molecule has 3 aromatic carbocycles. The lowest BCUT2D eigenvalue weighted by Gasteiger charge is -2.20. The molecule has 9 aromatic rings. The molecule has 114 heavy (non-hydrogen) atoms. The molecule has 0 radical (unpaired) electrons. The highest BCUT2D eigenvalue weighted by Crippen LogP contribution is 2.38. The van der Waals surface area contributed by atoms with Crippen LogP contribution in [0.2, 0.25) is 0 Å². The number of ether oxygens (including phenoxy) is 5. The van der Waals surface area contributed by atoms with Gasteiger partial charge in [-0.3, -0.25) is 57.2 Å². The third-order valence-electron chi connectivity index (χ3n) is 19.8. The Hall–Kier alpha value is -10.0. The Balaban J connectivity index is 0.000000196. The molecule has 3 fully saturated rings. The number of hydrogen-bond donors (Lipinski definition) is 12. The molecule has 6 aliphatic heterocycles. The lowest BCUT2D eigenvalue weighted by molar-refractivity contribution is -0.0609. The van der Waals surface area contributed by atoms with Gasteiger partial charge in [0.15, 0.2) is 53.1 Å². The Bertz CT molecular complexity index is 4440. The molecule has 39 heteroatoms. The summed E-state index contributed by atoms with van der Waals surface area (Å²) in [5.74, 6) is -0.459. The SMILES string of the molecule is C.CC[C@H]1O[C@@H](n2cnc3c(N)ncnc32)C(O)[C@H]1OCCCCCCN1C(=O)c2ccccc2C1=O.CO.N=N.Nc1ncnc2c1ncn2[C@@H]1O[C@H](CO)[C@H](O)C1O.Nc1ncnc2c1ncn2[C@@H]1O[C@H](CO)[C@H](OCCCCCCN2C(=O)c3ccccc3C2=O)C1O.O=C1c2ccccc2C(=O)N1CCCCCCI.[HH]. The van der Waals surface area contributed by atoms with E-state index in [1.54, 1.807) is 88.3 Å². The smallest absolute Gasteiger partial charge is 0.261 e. The lowest BCUT2D eigenvalue weighted by atomic mass is 10.1. The van der Waals surface area contributed by atoms with E-state index in [-0.39, 0.29) is 74.5 Å². The van der Waals surface area contributed by atoms with Gasteiger partial charge in [-0.05, 0) is 85.8 Å². The van der Waals surface area contributed by atoms with Gasteiger partial charge in [0.25, 0.3) is 35.4 Å². The predicted molar refractivity (Wildman–Crippen MR) is 421 cm³/mol. The summed E-state index contributed by atoms with van der Waals surface area (Å²) in [7, 11) is 1.00. The second kappa shape index (κ2) is 41.8. The molecule has 15 N–H and O–H groups in total. The number of fused-ring (bicyclic) bond motifs is 6. The number of alkyl halides is 1. The molecule has 614 valence electrons. The van der Waals surface area contributed by atoms with E-state index in [1.165, 1.54) is 68.2 Å². The molecule has 0 aliphatic carbocycles. The van der Waals surface area contributed by atoms with Gasteiger partial charge in [-0.1, -0.05) is 112 Å². The van der Waals surface area contributed by atoms with Crippen LogP contribution < -0.4 is 17.2 Å². The monoisotopic (exact) mass is 1690 g/mol. The van der Waals surface area contributed by atoms with Crippen molar-refractivity contribution < 1.29 is 89.6 Å². The number of aliphatic hydroxyl groups excluding tert-OH is 7. The van der Waals surface area contributed by atoms with Gasteiger partial charge in [0, 0.05) is 41.4 Å². The number of carbonyl (C=O) groups excluding carboxylic acids is 6. The van der Waals surface area contributed by atoms with Crippen LogP contribution in [0.1, 0.15) is 180 Å². The number of aromatic nitrogens is 12. The standard InChI is InChI=1S/C25H30N6O5.C24H28N6O6.C14H16INO2.C10H13N5O4.CH4O.CH4.H2N2.H2/c1-2-17-20(19(32)25(36-17)31-14-29-18-21(26)27-13-28-22(18)31)35-12-8-4-3-7-11-30-23(33)15-9-5-6-10-16(15)24(30)34;25-20-17-21(27-12-26-20)30(13-28-17)24-18(32)19(16(11-31)36-24)35-10-6-2-1-5-9-29-22(33)14-7-3-4-8-15(14)23(29)34;15-9-5-1-2-6-10-16-13(17)11-7-3-4-8-12(11)14(16)18;11-8-5-9(13-2-12-8)15(3-14-5)10-7(18)6(17)4(1-16)19-10;1-2;;1-2;/h5-6,9-10,13-14,17,19-20,25,32H,2-4,7-8,11-12H2,1H3,(H2,26,27,28);3-4,7-8,12-13,16,18-19,24,31-32H,1-2,5-6,9-11H2,(H2,25,26,27);3-4,7-8H,1-2,5-6,9-10H2;2-4,6-7,10,16-18H,1H2,(H2,11,12,13);2H,1H3;1H4;1-2H;1H/t17-,19?,20+,25-;16-,18?,19+,24-;;4-,6+,7?,10-;;;;/m11.1..../s1. The minimum atomic E-state index is -1.19. The number of nitrogens with zero attached hydrogens (tertiary/aromatic N) is 15. The maximum absolute atomic E-state index is 12.4. The molecular weight excluding hydrogens is 1600 g/mol. The highest BCUT2D eigenvalue weighted by Gasteiger charge is 2.48. The van der Waals surface area contributed by atoms with Crippen LogP contribution in [-0.2, 0) is 23.7 Å². The van der Waals surface area contributed by atoms with E-state index >= 15 is 0 Å². The van der Waals surface area contributed by atoms with Crippen molar-refractivity contribution in [2.75, 3.05) is 74.8 Å². The summed E-state index contributed by atoms with van der Waals surface area (Å²) in [5, 5.41) is 67.4. The number of amides is 6. The topological polar surface area (TPSA) is 556 Å². The quantitative estimate of drug-likeness (QED) is 0.00932. The van der Waals surface area contributed by atoms with Crippen molar-refractivity contribution in [2.24, 2.45) is 0 Å². The highest BCUT2D eigenvalue weighted by molar-refractivity contribution is 14.1. The third kappa shape index (κ3) is 19.2. The van der Waals surface area contributed by atoms with Gasteiger partial charge in [-0.25, -0.2) is 55.9 Å². The van der Waals surface area contributed by atoms with Crippen molar-refractivity contribution in [1.82, 2.24) is 73.3 Å². The molecule has 0 bridgehead atoms. The molecule has 0 spiro atoms. The fourth-order valence-electron chi connectivity index (χ4n) is 14.0. The Morgan fingerprint density at radius 3 is 1.02 bits per heavy atom. The van der Waals surface area contributed by atoms with E-state index in [4.69, 9.17) is 62.2 Å². The van der Waals surface area contributed by atoms with Crippen molar-refractivity contribution in [3.05, 3.63) is 144 Å².